The third-order valence-corrected chi connectivity index (χ3v) is 2.96. The number of carboxylic acids is 1. The van der Waals surface area contributed by atoms with Crippen LogP contribution < -0.4 is 5.32 Å². The van der Waals surface area contributed by atoms with Gasteiger partial charge >= 0.3 is 5.97 Å². The van der Waals surface area contributed by atoms with Gasteiger partial charge in [-0.25, -0.2) is 9.78 Å². The van der Waals surface area contributed by atoms with Crippen LogP contribution in [0.25, 0.3) is 0 Å². The highest BCUT2D eigenvalue weighted by molar-refractivity contribution is 6.29. The lowest BCUT2D eigenvalue weighted by Crippen LogP contribution is -2.34. The number of carbonyl (C=O) groups is 1. The Bertz CT molecular complexity index is 416. The molecule has 0 unspecified atom stereocenters. The van der Waals surface area contributed by atoms with Crippen molar-refractivity contribution in [2.75, 3.05) is 5.32 Å². The number of aromatic carboxylic acids is 1. The van der Waals surface area contributed by atoms with Crippen LogP contribution >= 0.6 is 11.6 Å². The molecule has 0 spiro atoms. The minimum Gasteiger partial charge on any atom is -0.478 e. The van der Waals surface area contributed by atoms with Crippen LogP contribution in [0.5, 0.6) is 0 Å². The summed E-state index contributed by atoms with van der Waals surface area (Å²) >= 11 is 5.75. The van der Waals surface area contributed by atoms with E-state index < -0.39 is 5.97 Å². The van der Waals surface area contributed by atoms with Crippen LogP contribution in [0.2, 0.25) is 5.15 Å². The van der Waals surface area contributed by atoms with Gasteiger partial charge in [0.05, 0.1) is 5.56 Å². The monoisotopic (exact) mass is 240 g/mol. The van der Waals surface area contributed by atoms with Crippen molar-refractivity contribution in [1.82, 2.24) is 4.98 Å². The summed E-state index contributed by atoms with van der Waals surface area (Å²) in [6.45, 7) is 2.19. The van der Waals surface area contributed by atoms with Gasteiger partial charge in [0.15, 0.2) is 0 Å². The van der Waals surface area contributed by atoms with Crippen LogP contribution in [0.1, 0.15) is 30.1 Å². The Morgan fingerprint density at radius 1 is 1.56 bits per heavy atom. The maximum absolute atomic E-state index is 10.8. The lowest BCUT2D eigenvalue weighted by Gasteiger charge is -2.33. The predicted octanol–water partition coefficient (Wildman–Crippen LogP) is 2.64. The van der Waals surface area contributed by atoms with Gasteiger partial charge in [0.25, 0.3) is 0 Å². The van der Waals surface area contributed by atoms with Gasteiger partial charge in [-0.15, -0.1) is 0 Å². The Labute approximate surface area is 98.6 Å². The van der Waals surface area contributed by atoms with Crippen LogP contribution in [0.15, 0.2) is 12.1 Å². The summed E-state index contributed by atoms with van der Waals surface area (Å²) in [5, 5.41) is 12.3. The predicted molar refractivity (Wildman–Crippen MR) is 62.0 cm³/mol. The lowest BCUT2D eigenvalue weighted by atomic mass is 9.82. The van der Waals surface area contributed by atoms with Gasteiger partial charge in [0.2, 0.25) is 0 Å². The van der Waals surface area contributed by atoms with Crippen molar-refractivity contribution in [2.24, 2.45) is 5.92 Å². The van der Waals surface area contributed by atoms with E-state index in [0.717, 1.165) is 18.8 Å². The van der Waals surface area contributed by atoms with Gasteiger partial charge in [-0.05, 0) is 30.9 Å². The van der Waals surface area contributed by atoms with Crippen LogP contribution in [0.4, 0.5) is 5.82 Å². The summed E-state index contributed by atoms with van der Waals surface area (Å²) in [7, 11) is 0. The first kappa shape index (κ1) is 11.2. The molecule has 0 saturated heterocycles. The standard InChI is InChI=1S/C11H13ClN2O2/c1-6-2-8(3-6)13-10-5-7(11(15)16)4-9(12)14-10/h4-6,8H,2-3H2,1H3,(H,13,14)(H,15,16). The van der Waals surface area contributed by atoms with Crippen molar-refractivity contribution in [2.45, 2.75) is 25.8 Å². The lowest BCUT2D eigenvalue weighted by molar-refractivity contribution is 0.0697. The second kappa shape index (κ2) is 4.29. The Morgan fingerprint density at radius 3 is 2.81 bits per heavy atom. The molecule has 1 heterocycles. The molecule has 86 valence electrons. The molecule has 1 aromatic rings. The Kier molecular flexibility index (Phi) is 3.01. The summed E-state index contributed by atoms with van der Waals surface area (Å²) in [6.07, 6.45) is 2.19. The fourth-order valence-corrected chi connectivity index (χ4v) is 2.13. The van der Waals surface area contributed by atoms with Crippen molar-refractivity contribution in [3.8, 4) is 0 Å². The van der Waals surface area contributed by atoms with Crippen molar-refractivity contribution in [1.29, 1.82) is 0 Å². The molecule has 0 amide bonds. The molecular formula is C11H13ClN2O2. The van der Waals surface area contributed by atoms with E-state index in [0.29, 0.717) is 11.9 Å². The van der Waals surface area contributed by atoms with Crippen LogP contribution in [-0.2, 0) is 0 Å². The summed E-state index contributed by atoms with van der Waals surface area (Å²) in [6, 6.07) is 3.25. The van der Waals surface area contributed by atoms with Crippen LogP contribution in [-0.4, -0.2) is 22.1 Å². The van der Waals surface area contributed by atoms with Gasteiger partial charge in [0, 0.05) is 6.04 Å². The summed E-state index contributed by atoms with van der Waals surface area (Å²) in [5.74, 6) is 0.284. The molecule has 1 aromatic heterocycles. The first-order valence-electron chi connectivity index (χ1n) is 5.22. The number of hydrogen-bond acceptors (Lipinski definition) is 3. The number of rotatable bonds is 3. The number of carboxylic acid groups (broad SMARTS) is 1. The molecule has 1 aliphatic rings. The molecule has 0 aliphatic heterocycles. The molecule has 2 N–H and O–H groups in total. The topological polar surface area (TPSA) is 62.2 Å². The summed E-state index contributed by atoms with van der Waals surface area (Å²) in [5.41, 5.74) is 0.162. The quantitative estimate of drug-likeness (QED) is 0.798. The second-order valence-electron chi connectivity index (χ2n) is 4.29. The van der Waals surface area contributed by atoms with E-state index in [1.807, 2.05) is 0 Å². The minimum atomic E-state index is -0.991. The van der Waals surface area contributed by atoms with Gasteiger partial charge < -0.3 is 10.4 Å². The minimum absolute atomic E-state index is 0.162. The molecule has 0 bridgehead atoms. The van der Waals surface area contributed by atoms with Gasteiger partial charge in [-0.1, -0.05) is 18.5 Å². The Hall–Kier alpha value is -1.29. The van der Waals surface area contributed by atoms with Crippen molar-refractivity contribution in [3.63, 3.8) is 0 Å². The molecule has 0 radical (unpaired) electrons. The molecule has 5 heteroatoms. The Balaban J connectivity index is 2.11. The number of anilines is 1. The highest BCUT2D eigenvalue weighted by atomic mass is 35.5. The molecule has 4 nitrogen and oxygen atoms in total. The smallest absolute Gasteiger partial charge is 0.335 e. The molecule has 1 aliphatic carbocycles. The zero-order valence-corrected chi connectivity index (χ0v) is 9.66. The van der Waals surface area contributed by atoms with Crippen LogP contribution in [0, 0.1) is 5.92 Å². The fraction of sp³-hybridized carbons (Fsp3) is 0.455. The average molecular weight is 241 g/mol. The first-order chi connectivity index (χ1) is 7.54. The normalized spacial score (nSPS) is 23.6. The second-order valence-corrected chi connectivity index (χ2v) is 4.67. The number of aromatic nitrogens is 1. The largest absolute Gasteiger partial charge is 0.478 e. The van der Waals surface area contributed by atoms with E-state index in [1.54, 1.807) is 0 Å². The fourth-order valence-electron chi connectivity index (χ4n) is 1.92. The number of nitrogens with one attached hydrogen (secondary N) is 1. The Morgan fingerprint density at radius 2 is 2.25 bits per heavy atom. The number of hydrogen-bond donors (Lipinski definition) is 2. The van der Waals surface area contributed by atoms with Crippen molar-refractivity contribution in [3.05, 3.63) is 22.8 Å². The number of halogens is 1. The zero-order valence-electron chi connectivity index (χ0n) is 8.90. The third kappa shape index (κ3) is 2.44. The van der Waals surface area contributed by atoms with E-state index in [-0.39, 0.29) is 10.7 Å². The summed E-state index contributed by atoms with van der Waals surface area (Å²) in [4.78, 5) is 14.9. The highest BCUT2D eigenvalue weighted by Gasteiger charge is 2.25. The molecule has 16 heavy (non-hydrogen) atoms. The van der Waals surface area contributed by atoms with E-state index >= 15 is 0 Å². The average Bonchev–Trinajstić information content (AvgIpc) is 2.14. The van der Waals surface area contributed by atoms with E-state index in [9.17, 15) is 4.79 Å². The molecule has 1 saturated carbocycles. The molecular weight excluding hydrogens is 228 g/mol. The maximum Gasteiger partial charge on any atom is 0.335 e. The third-order valence-electron chi connectivity index (χ3n) is 2.77. The van der Waals surface area contributed by atoms with Crippen molar-refractivity contribution >= 4 is 23.4 Å². The maximum atomic E-state index is 10.8. The van der Waals surface area contributed by atoms with E-state index in [2.05, 4.69) is 17.2 Å². The van der Waals surface area contributed by atoms with E-state index in [4.69, 9.17) is 16.7 Å². The SMILES string of the molecule is CC1CC(Nc2cc(C(=O)O)cc(Cl)n2)C1. The van der Waals surface area contributed by atoms with Crippen LogP contribution in [0.3, 0.4) is 0 Å². The molecule has 0 atom stereocenters. The van der Waals surface area contributed by atoms with Crippen molar-refractivity contribution < 1.29 is 9.90 Å². The van der Waals surface area contributed by atoms with Gasteiger partial charge in [-0.2, -0.15) is 0 Å². The summed E-state index contributed by atoms with van der Waals surface area (Å²) < 4.78 is 0. The molecule has 2 rings (SSSR count). The van der Waals surface area contributed by atoms with E-state index in [1.165, 1.54) is 12.1 Å². The van der Waals surface area contributed by atoms with Gasteiger partial charge in [0.1, 0.15) is 11.0 Å². The molecule has 0 aromatic carbocycles. The number of pyridine rings is 1. The highest BCUT2D eigenvalue weighted by Crippen LogP contribution is 2.29. The van der Waals surface area contributed by atoms with Gasteiger partial charge in [-0.3, -0.25) is 0 Å². The zero-order chi connectivity index (χ0) is 11.7. The first-order valence-corrected chi connectivity index (χ1v) is 5.60. The molecule has 1 fully saturated rings. The number of nitrogens with zero attached hydrogens (tertiary/aromatic N) is 1.